The number of aromatic nitrogens is 2. The topological polar surface area (TPSA) is 80.3 Å². The first-order valence-corrected chi connectivity index (χ1v) is 16.2. The number of piperidine rings is 2. The Morgan fingerprint density at radius 3 is 2.38 bits per heavy atom. The van der Waals surface area contributed by atoms with Crippen LogP contribution in [-0.4, -0.2) is 96.1 Å². The van der Waals surface area contributed by atoms with Crippen LogP contribution in [0.3, 0.4) is 0 Å². The maximum atomic E-state index is 15.6. The van der Waals surface area contributed by atoms with Crippen LogP contribution < -0.4 is 9.64 Å². The number of hydrogen-bond acceptors (Lipinski definition) is 8. The van der Waals surface area contributed by atoms with E-state index in [2.05, 4.69) is 30.7 Å². The Balaban J connectivity index is 1.16. The Hall–Kier alpha value is -2.24. The molecule has 4 saturated heterocycles. The second-order valence-corrected chi connectivity index (χ2v) is 14.4. The summed E-state index contributed by atoms with van der Waals surface area (Å²) in [4.78, 5) is 28.6. The number of carbonyl (C=O) groups is 1. The molecule has 9 nitrogen and oxygen atoms in total. The predicted octanol–water partition coefficient (Wildman–Crippen LogP) is 5.70. The van der Waals surface area contributed by atoms with E-state index in [9.17, 15) is 4.79 Å². The molecule has 1 amide bonds. The number of fused-ring (bicyclic) bond motifs is 1. The zero-order chi connectivity index (χ0) is 29.6. The first-order chi connectivity index (χ1) is 20.0. The van der Waals surface area contributed by atoms with Crippen molar-refractivity contribution in [1.82, 2.24) is 19.8 Å². The lowest BCUT2D eigenvalue weighted by molar-refractivity contribution is -0.0434. The zero-order valence-electron chi connectivity index (χ0n) is 25.3. The van der Waals surface area contributed by atoms with E-state index in [0.717, 1.165) is 89.3 Å². The standard InChI is InChI=1S/C31H43BrFN5O4/c1-20-17-23-26(25(33)24(20)32)34-28(41-22-5-11-36(12-6-22)21-7-15-40-16-8-21)35-27(23)37-13-9-31(10-14-37)18-38(19-31)29(39)42-30(2,3)4/h17,21-22H,5-16,18-19H2,1-4H3. The average molecular weight is 649 g/mol. The van der Waals surface area contributed by atoms with Crippen molar-refractivity contribution in [3.63, 3.8) is 0 Å². The van der Waals surface area contributed by atoms with Crippen molar-refractivity contribution in [2.24, 2.45) is 5.41 Å². The van der Waals surface area contributed by atoms with Crippen molar-refractivity contribution in [1.29, 1.82) is 0 Å². The fourth-order valence-corrected chi connectivity index (χ4v) is 7.18. The van der Waals surface area contributed by atoms with Crippen LogP contribution in [0, 0.1) is 18.2 Å². The van der Waals surface area contributed by atoms with Crippen molar-refractivity contribution in [2.45, 2.75) is 84.0 Å². The molecule has 11 heteroatoms. The monoisotopic (exact) mass is 647 g/mol. The second-order valence-electron chi connectivity index (χ2n) is 13.6. The van der Waals surface area contributed by atoms with E-state index in [1.165, 1.54) is 0 Å². The molecule has 1 aromatic heterocycles. The quantitative estimate of drug-likeness (QED) is 0.418. The summed E-state index contributed by atoms with van der Waals surface area (Å²) < 4.78 is 33.5. The maximum absolute atomic E-state index is 15.6. The van der Waals surface area contributed by atoms with Crippen LogP contribution >= 0.6 is 15.9 Å². The van der Waals surface area contributed by atoms with Crippen LogP contribution in [-0.2, 0) is 9.47 Å². The van der Waals surface area contributed by atoms with Gasteiger partial charge < -0.3 is 24.0 Å². The molecule has 0 N–H and O–H groups in total. The Bertz CT molecular complexity index is 1310. The van der Waals surface area contributed by atoms with Crippen LogP contribution in [0.2, 0.25) is 0 Å². The van der Waals surface area contributed by atoms with E-state index >= 15 is 4.39 Å². The third kappa shape index (κ3) is 6.19. The molecule has 6 rings (SSSR count). The van der Waals surface area contributed by atoms with Crippen molar-refractivity contribution < 1.29 is 23.4 Å². The number of rotatable bonds is 4. The van der Waals surface area contributed by atoms with Gasteiger partial charge in [-0.1, -0.05) is 0 Å². The van der Waals surface area contributed by atoms with Gasteiger partial charge in [0.25, 0.3) is 0 Å². The molecule has 2 aromatic rings. The van der Waals surface area contributed by atoms with Crippen LogP contribution in [0.5, 0.6) is 6.01 Å². The highest BCUT2D eigenvalue weighted by Crippen LogP contribution is 2.43. The second kappa shape index (κ2) is 11.7. The lowest BCUT2D eigenvalue weighted by Gasteiger charge is -2.53. The smallest absolute Gasteiger partial charge is 0.410 e. The van der Waals surface area contributed by atoms with Crippen LogP contribution in [0.15, 0.2) is 10.5 Å². The number of ether oxygens (including phenoxy) is 3. The van der Waals surface area contributed by atoms with E-state index in [1.807, 2.05) is 33.8 Å². The number of aryl methyl sites for hydroxylation is 1. The molecule has 42 heavy (non-hydrogen) atoms. The highest BCUT2D eigenvalue weighted by Gasteiger charge is 2.48. The van der Waals surface area contributed by atoms with E-state index in [0.29, 0.717) is 29.0 Å². The molecule has 4 aliphatic rings. The first kappa shape index (κ1) is 29.8. The average Bonchev–Trinajstić information content (AvgIpc) is 2.95. The normalized spacial score (nSPS) is 22.4. The molecular formula is C31H43BrFN5O4. The minimum Gasteiger partial charge on any atom is -0.460 e. The summed E-state index contributed by atoms with van der Waals surface area (Å²) in [7, 11) is 0. The van der Waals surface area contributed by atoms with Crippen LogP contribution in [0.25, 0.3) is 10.9 Å². The number of carbonyl (C=O) groups excluding carboxylic acids is 1. The number of nitrogens with zero attached hydrogens (tertiary/aromatic N) is 5. The first-order valence-electron chi connectivity index (χ1n) is 15.4. The van der Waals surface area contributed by atoms with Crippen LogP contribution in [0.4, 0.5) is 15.0 Å². The Kier molecular flexibility index (Phi) is 8.30. The van der Waals surface area contributed by atoms with Gasteiger partial charge in [-0.2, -0.15) is 9.97 Å². The van der Waals surface area contributed by atoms with E-state index in [-0.39, 0.29) is 35.0 Å². The number of halogens is 2. The highest BCUT2D eigenvalue weighted by molar-refractivity contribution is 9.10. The largest absolute Gasteiger partial charge is 0.460 e. The van der Waals surface area contributed by atoms with Gasteiger partial charge in [0.2, 0.25) is 0 Å². The molecule has 0 atom stereocenters. The van der Waals surface area contributed by atoms with E-state index in [1.54, 1.807) is 4.90 Å². The molecule has 0 bridgehead atoms. The highest BCUT2D eigenvalue weighted by atomic mass is 79.9. The molecule has 5 heterocycles. The van der Waals surface area contributed by atoms with Gasteiger partial charge in [0.15, 0.2) is 5.82 Å². The molecular weight excluding hydrogens is 605 g/mol. The van der Waals surface area contributed by atoms with Gasteiger partial charge in [-0.25, -0.2) is 9.18 Å². The van der Waals surface area contributed by atoms with Crippen molar-refractivity contribution in [2.75, 3.05) is 57.4 Å². The number of hydrogen-bond donors (Lipinski definition) is 0. The molecule has 1 aromatic carbocycles. The summed E-state index contributed by atoms with van der Waals surface area (Å²) in [6.07, 6.45) is 5.59. The summed E-state index contributed by atoms with van der Waals surface area (Å²) in [5.74, 6) is 0.343. The van der Waals surface area contributed by atoms with Gasteiger partial charge in [0.1, 0.15) is 23.0 Å². The fraction of sp³-hybridized carbons (Fsp3) is 0.710. The van der Waals surface area contributed by atoms with Gasteiger partial charge in [-0.3, -0.25) is 4.90 Å². The number of likely N-dealkylation sites (tertiary alicyclic amines) is 2. The Morgan fingerprint density at radius 1 is 1.07 bits per heavy atom. The molecule has 230 valence electrons. The summed E-state index contributed by atoms with van der Waals surface area (Å²) >= 11 is 3.41. The lowest BCUT2D eigenvalue weighted by atomic mass is 9.72. The number of anilines is 1. The minimum atomic E-state index is -0.499. The zero-order valence-corrected chi connectivity index (χ0v) is 26.8. The molecule has 4 aliphatic heterocycles. The van der Waals surface area contributed by atoms with Crippen molar-refractivity contribution in [3.05, 3.63) is 21.9 Å². The summed E-state index contributed by atoms with van der Waals surface area (Å²) in [5.41, 5.74) is 0.686. The van der Waals surface area contributed by atoms with Gasteiger partial charge in [-0.15, -0.1) is 0 Å². The summed E-state index contributed by atoms with van der Waals surface area (Å²) in [5, 5.41) is 0.704. The third-order valence-electron chi connectivity index (χ3n) is 9.30. The van der Waals surface area contributed by atoms with Crippen molar-refractivity contribution >= 4 is 38.7 Å². The fourth-order valence-electron chi connectivity index (χ4n) is 6.87. The predicted molar refractivity (Wildman–Crippen MR) is 163 cm³/mol. The Labute approximate surface area is 256 Å². The molecule has 0 unspecified atom stereocenters. The Morgan fingerprint density at radius 2 is 1.74 bits per heavy atom. The van der Waals surface area contributed by atoms with Gasteiger partial charge in [-0.05, 0) is 93.8 Å². The van der Waals surface area contributed by atoms with Crippen LogP contribution in [0.1, 0.15) is 64.9 Å². The molecule has 0 radical (unpaired) electrons. The third-order valence-corrected chi connectivity index (χ3v) is 10.3. The maximum Gasteiger partial charge on any atom is 0.410 e. The molecule has 1 spiro atoms. The van der Waals surface area contributed by atoms with E-state index < -0.39 is 5.60 Å². The van der Waals surface area contributed by atoms with Gasteiger partial charge in [0.05, 0.1) is 4.47 Å². The van der Waals surface area contributed by atoms with E-state index in [4.69, 9.17) is 19.2 Å². The van der Waals surface area contributed by atoms with Crippen molar-refractivity contribution in [3.8, 4) is 6.01 Å². The lowest BCUT2D eigenvalue weighted by Crippen LogP contribution is -2.62. The number of benzene rings is 1. The molecule has 0 saturated carbocycles. The molecule has 0 aliphatic carbocycles. The SMILES string of the molecule is Cc1cc2c(N3CCC4(CC3)CN(C(=O)OC(C)(C)C)C4)nc(OC3CCN(C4CCOCC4)CC3)nc2c(F)c1Br. The number of amides is 1. The van der Waals surface area contributed by atoms with Gasteiger partial charge in [0, 0.05) is 69.3 Å². The summed E-state index contributed by atoms with van der Waals surface area (Å²) in [6.45, 7) is 14.2. The molecule has 4 fully saturated rings. The summed E-state index contributed by atoms with van der Waals surface area (Å²) in [6, 6.07) is 2.80. The minimum absolute atomic E-state index is 0.00165. The van der Waals surface area contributed by atoms with Gasteiger partial charge >= 0.3 is 12.1 Å².